The van der Waals surface area contributed by atoms with Crippen molar-refractivity contribution in [1.82, 2.24) is 4.98 Å². The van der Waals surface area contributed by atoms with Gasteiger partial charge in [0, 0.05) is 19.7 Å². The predicted octanol–water partition coefficient (Wildman–Crippen LogP) is 2.41. The Morgan fingerprint density at radius 1 is 1.56 bits per heavy atom. The molecule has 4 nitrogen and oxygen atoms in total. The van der Waals surface area contributed by atoms with E-state index in [2.05, 4.69) is 10.3 Å². The van der Waals surface area contributed by atoms with Gasteiger partial charge in [0.1, 0.15) is 11.3 Å². The lowest BCUT2D eigenvalue weighted by atomic mass is 10.3. The molecule has 1 atom stereocenters. The van der Waals surface area contributed by atoms with E-state index in [1.807, 2.05) is 6.92 Å². The predicted molar refractivity (Wildman–Crippen MR) is 58.9 cm³/mol. The summed E-state index contributed by atoms with van der Waals surface area (Å²) in [6.45, 7) is 2.52. The molecule has 1 aromatic carbocycles. The molecule has 0 saturated carbocycles. The van der Waals surface area contributed by atoms with E-state index < -0.39 is 0 Å². The maximum Gasteiger partial charge on any atom is 0.295 e. The molecule has 0 aliphatic carbocycles. The molecule has 0 fully saturated rings. The van der Waals surface area contributed by atoms with Gasteiger partial charge < -0.3 is 14.5 Å². The molecule has 2 aromatic rings. The summed E-state index contributed by atoms with van der Waals surface area (Å²) < 4.78 is 23.3. The summed E-state index contributed by atoms with van der Waals surface area (Å²) in [4.78, 5) is 4.11. The number of hydrogen-bond acceptors (Lipinski definition) is 4. The third kappa shape index (κ3) is 2.30. The SMILES string of the molecule is COC(C)CNc1nc2cc(F)ccc2o1. The molecule has 0 spiro atoms. The zero-order valence-corrected chi connectivity index (χ0v) is 9.16. The van der Waals surface area contributed by atoms with Gasteiger partial charge in [-0.2, -0.15) is 4.98 Å². The Labute approximate surface area is 92.4 Å². The van der Waals surface area contributed by atoms with E-state index in [1.54, 1.807) is 13.2 Å². The molecule has 0 radical (unpaired) electrons. The Balaban J connectivity index is 2.13. The van der Waals surface area contributed by atoms with E-state index in [1.165, 1.54) is 12.1 Å². The second kappa shape index (κ2) is 4.49. The fraction of sp³-hybridized carbons (Fsp3) is 0.364. The Bertz CT molecular complexity index is 484. The molecule has 0 amide bonds. The van der Waals surface area contributed by atoms with E-state index in [4.69, 9.17) is 9.15 Å². The van der Waals surface area contributed by atoms with Crippen LogP contribution in [0.1, 0.15) is 6.92 Å². The fourth-order valence-electron chi connectivity index (χ4n) is 1.29. The zero-order chi connectivity index (χ0) is 11.5. The Morgan fingerprint density at radius 3 is 3.12 bits per heavy atom. The van der Waals surface area contributed by atoms with Crippen molar-refractivity contribution in [3.05, 3.63) is 24.0 Å². The second-order valence-electron chi connectivity index (χ2n) is 3.56. The van der Waals surface area contributed by atoms with Gasteiger partial charge in [0.05, 0.1) is 6.10 Å². The van der Waals surface area contributed by atoms with Crippen LogP contribution >= 0.6 is 0 Å². The monoisotopic (exact) mass is 224 g/mol. The summed E-state index contributed by atoms with van der Waals surface area (Å²) in [7, 11) is 1.63. The van der Waals surface area contributed by atoms with Crippen molar-refractivity contribution in [3.63, 3.8) is 0 Å². The van der Waals surface area contributed by atoms with Crippen molar-refractivity contribution in [2.24, 2.45) is 0 Å². The molecule has 1 N–H and O–H groups in total. The van der Waals surface area contributed by atoms with Gasteiger partial charge in [-0.1, -0.05) is 0 Å². The molecule has 1 heterocycles. The lowest BCUT2D eigenvalue weighted by Gasteiger charge is -2.08. The molecular weight excluding hydrogens is 211 g/mol. The van der Waals surface area contributed by atoms with Gasteiger partial charge in [0.15, 0.2) is 5.58 Å². The van der Waals surface area contributed by atoms with Crippen molar-refractivity contribution in [1.29, 1.82) is 0 Å². The first-order valence-electron chi connectivity index (χ1n) is 5.02. The van der Waals surface area contributed by atoms with Crippen molar-refractivity contribution in [2.75, 3.05) is 19.0 Å². The summed E-state index contributed by atoms with van der Waals surface area (Å²) in [6.07, 6.45) is 0.0618. The number of halogens is 1. The van der Waals surface area contributed by atoms with Gasteiger partial charge in [-0.05, 0) is 19.1 Å². The highest BCUT2D eigenvalue weighted by Gasteiger charge is 2.07. The smallest absolute Gasteiger partial charge is 0.295 e. The van der Waals surface area contributed by atoms with Crippen molar-refractivity contribution >= 4 is 17.1 Å². The average molecular weight is 224 g/mol. The third-order valence-electron chi connectivity index (χ3n) is 2.29. The highest BCUT2D eigenvalue weighted by Crippen LogP contribution is 2.19. The van der Waals surface area contributed by atoms with Crippen molar-refractivity contribution in [2.45, 2.75) is 13.0 Å². The number of rotatable bonds is 4. The number of benzene rings is 1. The molecule has 0 bridgehead atoms. The standard InChI is InChI=1S/C11H13FN2O2/c1-7(15-2)6-13-11-14-9-5-8(12)3-4-10(9)16-11/h3-5,7H,6H2,1-2H3,(H,13,14). The van der Waals surface area contributed by atoms with Crippen LogP contribution in [0.5, 0.6) is 0 Å². The summed E-state index contributed by atoms with van der Waals surface area (Å²) in [5.74, 6) is -0.322. The summed E-state index contributed by atoms with van der Waals surface area (Å²) >= 11 is 0. The van der Waals surface area contributed by atoms with Crippen LogP contribution in [0.25, 0.3) is 11.1 Å². The quantitative estimate of drug-likeness (QED) is 0.866. The van der Waals surface area contributed by atoms with Gasteiger partial charge in [0.2, 0.25) is 0 Å². The van der Waals surface area contributed by atoms with Gasteiger partial charge in [-0.25, -0.2) is 4.39 Å². The molecule has 5 heteroatoms. The van der Waals surface area contributed by atoms with E-state index in [9.17, 15) is 4.39 Å². The van der Waals surface area contributed by atoms with Crippen LogP contribution in [0.3, 0.4) is 0 Å². The summed E-state index contributed by atoms with van der Waals surface area (Å²) in [5, 5.41) is 2.98. The van der Waals surface area contributed by atoms with Crippen LogP contribution in [-0.2, 0) is 4.74 Å². The number of nitrogens with one attached hydrogen (secondary N) is 1. The van der Waals surface area contributed by atoms with Crippen molar-refractivity contribution < 1.29 is 13.5 Å². The first-order chi connectivity index (χ1) is 7.69. The Kier molecular flexibility index (Phi) is 3.05. The Morgan fingerprint density at radius 2 is 2.38 bits per heavy atom. The maximum atomic E-state index is 12.9. The van der Waals surface area contributed by atoms with Crippen LogP contribution in [0.15, 0.2) is 22.6 Å². The average Bonchev–Trinajstić information content (AvgIpc) is 2.67. The number of oxazole rings is 1. The van der Waals surface area contributed by atoms with Crippen LogP contribution in [0.2, 0.25) is 0 Å². The van der Waals surface area contributed by atoms with Gasteiger partial charge in [-0.15, -0.1) is 0 Å². The minimum atomic E-state index is -0.322. The number of ether oxygens (including phenoxy) is 1. The topological polar surface area (TPSA) is 47.3 Å². The maximum absolute atomic E-state index is 12.9. The molecule has 0 saturated heterocycles. The normalized spacial score (nSPS) is 12.9. The molecule has 1 unspecified atom stereocenters. The highest BCUT2D eigenvalue weighted by molar-refractivity contribution is 5.74. The number of methoxy groups -OCH3 is 1. The third-order valence-corrected chi connectivity index (χ3v) is 2.29. The minimum Gasteiger partial charge on any atom is -0.424 e. The molecule has 16 heavy (non-hydrogen) atoms. The highest BCUT2D eigenvalue weighted by atomic mass is 19.1. The van der Waals surface area contributed by atoms with Gasteiger partial charge in [-0.3, -0.25) is 0 Å². The zero-order valence-electron chi connectivity index (χ0n) is 9.16. The number of fused-ring (bicyclic) bond motifs is 1. The van der Waals surface area contributed by atoms with Crippen LogP contribution in [0.4, 0.5) is 10.4 Å². The van der Waals surface area contributed by atoms with E-state index >= 15 is 0 Å². The number of aromatic nitrogens is 1. The van der Waals surface area contributed by atoms with Crippen LogP contribution in [0, 0.1) is 5.82 Å². The molecule has 86 valence electrons. The van der Waals surface area contributed by atoms with Crippen LogP contribution < -0.4 is 5.32 Å². The van der Waals surface area contributed by atoms with E-state index in [0.29, 0.717) is 23.7 Å². The second-order valence-corrected chi connectivity index (χ2v) is 3.56. The molecular formula is C11H13FN2O2. The van der Waals surface area contributed by atoms with Crippen LogP contribution in [-0.4, -0.2) is 24.7 Å². The lowest BCUT2D eigenvalue weighted by molar-refractivity contribution is 0.128. The molecule has 0 aliphatic rings. The largest absolute Gasteiger partial charge is 0.424 e. The first kappa shape index (κ1) is 10.9. The lowest BCUT2D eigenvalue weighted by Crippen LogP contribution is -2.18. The number of anilines is 1. The number of hydrogen-bond donors (Lipinski definition) is 1. The minimum absolute atomic E-state index is 0.0618. The summed E-state index contributed by atoms with van der Waals surface area (Å²) in [6, 6.07) is 4.62. The fourth-order valence-corrected chi connectivity index (χ4v) is 1.29. The molecule has 2 rings (SSSR count). The van der Waals surface area contributed by atoms with Gasteiger partial charge in [0.25, 0.3) is 6.01 Å². The molecule has 0 aliphatic heterocycles. The summed E-state index contributed by atoms with van der Waals surface area (Å²) in [5.41, 5.74) is 1.07. The molecule has 1 aromatic heterocycles. The first-order valence-corrected chi connectivity index (χ1v) is 5.02. The number of nitrogens with zero attached hydrogens (tertiary/aromatic N) is 1. The van der Waals surface area contributed by atoms with Crippen molar-refractivity contribution in [3.8, 4) is 0 Å². The van der Waals surface area contributed by atoms with E-state index in [-0.39, 0.29) is 11.9 Å². The van der Waals surface area contributed by atoms with E-state index in [0.717, 1.165) is 0 Å². The van der Waals surface area contributed by atoms with Gasteiger partial charge >= 0.3 is 0 Å². The Hall–Kier alpha value is -1.62.